The number of aromatic amines is 1. The molecule has 0 unspecified atom stereocenters. The number of rotatable bonds is 0. The van der Waals surface area contributed by atoms with E-state index < -0.39 is 0 Å². The van der Waals surface area contributed by atoms with E-state index in [1.807, 2.05) is 12.1 Å². The molecule has 3 aromatic rings. The Morgan fingerprint density at radius 2 is 2.29 bits per heavy atom. The zero-order valence-corrected chi connectivity index (χ0v) is 7.02. The number of nitrogens with zero attached hydrogens (tertiary/aromatic N) is 2. The first-order valence-corrected chi connectivity index (χ1v) is 4.07. The zero-order chi connectivity index (χ0) is 9.54. The Labute approximate surface area is 77.4 Å². The fraction of sp³-hybridized carbons (Fsp3) is 0. The highest BCUT2D eigenvalue weighted by Crippen LogP contribution is 2.20. The van der Waals surface area contributed by atoms with Crippen molar-refractivity contribution in [2.24, 2.45) is 0 Å². The maximum Gasteiger partial charge on any atom is 0.345 e. The maximum absolute atomic E-state index is 11.0. The van der Waals surface area contributed by atoms with E-state index in [0.717, 1.165) is 16.3 Å². The Morgan fingerprint density at radius 3 is 3.21 bits per heavy atom. The number of nitrogens with one attached hydrogen (secondary N) is 1. The second kappa shape index (κ2) is 2.41. The van der Waals surface area contributed by atoms with Gasteiger partial charge in [0.25, 0.3) is 0 Å². The maximum atomic E-state index is 11.0. The van der Waals surface area contributed by atoms with Gasteiger partial charge in [-0.3, -0.25) is 0 Å². The smallest absolute Gasteiger partial charge is 0.345 e. The van der Waals surface area contributed by atoms with Gasteiger partial charge in [-0.15, -0.1) is 0 Å². The third-order valence-electron chi connectivity index (χ3n) is 2.13. The van der Waals surface area contributed by atoms with E-state index in [0.29, 0.717) is 5.52 Å². The van der Waals surface area contributed by atoms with Crippen molar-refractivity contribution < 1.29 is 4.52 Å². The van der Waals surface area contributed by atoms with Crippen LogP contribution in [0.3, 0.4) is 0 Å². The average molecular weight is 187 g/mol. The van der Waals surface area contributed by atoms with Crippen molar-refractivity contribution in [2.75, 3.05) is 0 Å². The predicted octanol–water partition coefficient (Wildman–Crippen LogP) is 1.06. The molecule has 2 aromatic heterocycles. The van der Waals surface area contributed by atoms with Crippen molar-refractivity contribution in [1.82, 2.24) is 15.1 Å². The van der Waals surface area contributed by atoms with Crippen LogP contribution < -0.4 is 5.69 Å². The Morgan fingerprint density at radius 1 is 1.36 bits per heavy atom. The minimum Gasteiger partial charge on any atom is -0.363 e. The Bertz CT molecular complexity index is 668. The number of hydrogen-bond donors (Lipinski definition) is 1. The van der Waals surface area contributed by atoms with Crippen molar-refractivity contribution in [3.8, 4) is 0 Å². The van der Waals surface area contributed by atoms with Gasteiger partial charge in [-0.1, -0.05) is 5.16 Å². The van der Waals surface area contributed by atoms with E-state index >= 15 is 0 Å². The molecule has 68 valence electrons. The lowest BCUT2D eigenvalue weighted by Crippen LogP contribution is -2.08. The summed E-state index contributed by atoms with van der Waals surface area (Å²) in [5.74, 6) is 0. The van der Waals surface area contributed by atoms with Crippen molar-refractivity contribution in [3.05, 3.63) is 35.1 Å². The van der Waals surface area contributed by atoms with Gasteiger partial charge in [0, 0.05) is 11.6 Å². The fourth-order valence-corrected chi connectivity index (χ4v) is 1.47. The monoisotopic (exact) mass is 187 g/mol. The van der Waals surface area contributed by atoms with Gasteiger partial charge in [-0.25, -0.2) is 9.78 Å². The van der Waals surface area contributed by atoms with E-state index in [4.69, 9.17) is 4.52 Å². The average Bonchev–Trinajstić information content (AvgIpc) is 2.65. The minimum absolute atomic E-state index is 0.369. The van der Waals surface area contributed by atoms with Crippen molar-refractivity contribution in [2.45, 2.75) is 0 Å². The molecule has 14 heavy (non-hydrogen) atoms. The van der Waals surface area contributed by atoms with Gasteiger partial charge in [-0.05, 0) is 12.1 Å². The molecule has 0 saturated heterocycles. The van der Waals surface area contributed by atoms with Gasteiger partial charge in [0.15, 0.2) is 0 Å². The van der Waals surface area contributed by atoms with Crippen LogP contribution in [0.25, 0.3) is 21.8 Å². The number of fused-ring (bicyclic) bond motifs is 3. The normalized spacial score (nSPS) is 11.1. The highest BCUT2D eigenvalue weighted by atomic mass is 16.5. The molecular formula is C9H5N3O2. The number of H-pyrrole nitrogens is 1. The number of hydrogen-bond acceptors (Lipinski definition) is 4. The van der Waals surface area contributed by atoms with Crippen LogP contribution in [0.5, 0.6) is 0 Å². The molecule has 2 heterocycles. The van der Waals surface area contributed by atoms with E-state index in [1.165, 1.54) is 12.5 Å². The van der Waals surface area contributed by atoms with Gasteiger partial charge in [-0.2, -0.15) is 0 Å². The first-order chi connectivity index (χ1) is 6.84. The summed E-state index contributed by atoms with van der Waals surface area (Å²) in [6.45, 7) is 0. The number of aromatic nitrogens is 3. The molecule has 3 rings (SSSR count). The van der Waals surface area contributed by atoms with E-state index in [1.54, 1.807) is 0 Å². The van der Waals surface area contributed by atoms with Gasteiger partial charge in [0.2, 0.25) is 0 Å². The summed E-state index contributed by atoms with van der Waals surface area (Å²) in [4.78, 5) is 17.3. The SMILES string of the molecule is O=c1ncc2ccc3nocc3c2[nH]1. The molecule has 5 heteroatoms. The lowest BCUT2D eigenvalue weighted by molar-refractivity contribution is 0.428. The Balaban J connectivity index is 2.66. The van der Waals surface area contributed by atoms with Crippen LogP contribution in [0.4, 0.5) is 0 Å². The zero-order valence-electron chi connectivity index (χ0n) is 7.02. The van der Waals surface area contributed by atoms with Crippen molar-refractivity contribution in [3.63, 3.8) is 0 Å². The summed E-state index contributed by atoms with van der Waals surface area (Å²) in [7, 11) is 0. The van der Waals surface area contributed by atoms with Crippen molar-refractivity contribution >= 4 is 21.8 Å². The highest BCUT2D eigenvalue weighted by Gasteiger charge is 2.04. The fourth-order valence-electron chi connectivity index (χ4n) is 1.47. The molecule has 1 N–H and O–H groups in total. The van der Waals surface area contributed by atoms with Gasteiger partial charge in [0.05, 0.1) is 10.9 Å². The van der Waals surface area contributed by atoms with Crippen LogP contribution in [0.1, 0.15) is 0 Å². The van der Waals surface area contributed by atoms with Crippen LogP contribution in [0.2, 0.25) is 0 Å². The Kier molecular flexibility index (Phi) is 1.25. The number of benzene rings is 1. The highest BCUT2D eigenvalue weighted by molar-refractivity contribution is 6.02. The molecule has 1 aromatic carbocycles. The molecule has 0 fully saturated rings. The molecule has 0 bridgehead atoms. The van der Waals surface area contributed by atoms with Crippen LogP contribution in [0.15, 0.2) is 33.9 Å². The Hall–Kier alpha value is -2.17. The molecule has 0 amide bonds. The molecule has 0 aliphatic carbocycles. The van der Waals surface area contributed by atoms with E-state index in [2.05, 4.69) is 15.1 Å². The first kappa shape index (κ1) is 7.25. The van der Waals surface area contributed by atoms with E-state index in [-0.39, 0.29) is 5.69 Å². The topological polar surface area (TPSA) is 71.8 Å². The summed E-state index contributed by atoms with van der Waals surface area (Å²) in [6, 6.07) is 3.66. The van der Waals surface area contributed by atoms with E-state index in [9.17, 15) is 4.79 Å². The molecule has 0 radical (unpaired) electrons. The molecule has 0 saturated carbocycles. The van der Waals surface area contributed by atoms with Crippen LogP contribution >= 0.6 is 0 Å². The summed E-state index contributed by atoms with van der Waals surface area (Å²) < 4.78 is 4.82. The minimum atomic E-state index is -0.369. The molecule has 0 atom stereocenters. The van der Waals surface area contributed by atoms with Crippen LogP contribution in [-0.4, -0.2) is 15.1 Å². The predicted molar refractivity (Wildman–Crippen MR) is 49.9 cm³/mol. The summed E-state index contributed by atoms with van der Waals surface area (Å²) in [5.41, 5.74) is 1.06. The van der Waals surface area contributed by atoms with Gasteiger partial charge >= 0.3 is 5.69 Å². The third kappa shape index (κ3) is 0.861. The molecule has 0 aliphatic heterocycles. The van der Waals surface area contributed by atoms with Crippen LogP contribution in [-0.2, 0) is 0 Å². The molecular weight excluding hydrogens is 182 g/mol. The molecule has 0 aliphatic rings. The molecule has 0 spiro atoms. The summed E-state index contributed by atoms with van der Waals surface area (Å²) in [5, 5.41) is 5.44. The third-order valence-corrected chi connectivity index (χ3v) is 2.13. The lowest BCUT2D eigenvalue weighted by atomic mass is 10.2. The van der Waals surface area contributed by atoms with Gasteiger partial charge < -0.3 is 9.51 Å². The van der Waals surface area contributed by atoms with Crippen molar-refractivity contribution in [1.29, 1.82) is 0 Å². The first-order valence-electron chi connectivity index (χ1n) is 4.07. The lowest BCUT2D eigenvalue weighted by Gasteiger charge is -1.95. The quantitative estimate of drug-likeness (QED) is 0.571. The van der Waals surface area contributed by atoms with Gasteiger partial charge in [0.1, 0.15) is 11.8 Å². The standard InChI is InChI=1S/C9H5N3O2/c13-9-10-3-5-1-2-7-6(4-14-12-7)8(5)11-9/h1-4H,(H,10,11,13). The second-order valence-corrected chi connectivity index (χ2v) is 2.97. The second-order valence-electron chi connectivity index (χ2n) is 2.97. The summed E-state index contributed by atoms with van der Waals surface area (Å²) >= 11 is 0. The molecule has 5 nitrogen and oxygen atoms in total. The van der Waals surface area contributed by atoms with Crippen LogP contribution in [0, 0.1) is 0 Å². The summed E-state index contributed by atoms with van der Waals surface area (Å²) in [6.07, 6.45) is 3.04. The largest absolute Gasteiger partial charge is 0.363 e.